The smallest absolute Gasteiger partial charge is 0.333 e. The van der Waals surface area contributed by atoms with E-state index < -0.39 is 12.3 Å². The number of fused-ring (bicyclic) bond motifs is 1. The maximum Gasteiger partial charge on any atom is 0.333 e. The number of hydrogen-bond acceptors (Lipinski definition) is 5. The van der Waals surface area contributed by atoms with Gasteiger partial charge < -0.3 is 19.3 Å². The molecule has 88 valence electrons. The highest BCUT2D eigenvalue weighted by Crippen LogP contribution is 2.33. The molecule has 2 aliphatic heterocycles. The Balaban J connectivity index is 1.82. The van der Waals surface area contributed by atoms with Crippen molar-refractivity contribution in [1.82, 2.24) is 0 Å². The zero-order chi connectivity index (χ0) is 11.8. The number of benzene rings is 1. The summed E-state index contributed by atoms with van der Waals surface area (Å²) < 4.78 is 15.1. The summed E-state index contributed by atoms with van der Waals surface area (Å²) in [6.45, 7) is 0.228. The lowest BCUT2D eigenvalue weighted by Crippen LogP contribution is -2.11. The first-order valence-corrected chi connectivity index (χ1v) is 5.20. The second kappa shape index (κ2) is 3.78. The SMILES string of the molecule is O=C1C=C(Cc2ccc3c(c2)OCO3)C(O)O1. The summed E-state index contributed by atoms with van der Waals surface area (Å²) in [6.07, 6.45) is 0.631. The molecule has 2 aliphatic rings. The van der Waals surface area contributed by atoms with Crippen molar-refractivity contribution in [3.05, 3.63) is 35.4 Å². The van der Waals surface area contributed by atoms with Crippen LogP contribution in [0.15, 0.2) is 29.8 Å². The molecule has 5 heteroatoms. The van der Waals surface area contributed by atoms with Crippen molar-refractivity contribution in [3.63, 3.8) is 0 Å². The minimum Gasteiger partial charge on any atom is -0.454 e. The number of aliphatic hydroxyl groups is 1. The van der Waals surface area contributed by atoms with Crippen molar-refractivity contribution in [2.75, 3.05) is 6.79 Å². The van der Waals surface area contributed by atoms with Gasteiger partial charge in [-0.15, -0.1) is 0 Å². The van der Waals surface area contributed by atoms with Crippen molar-refractivity contribution in [2.45, 2.75) is 12.7 Å². The van der Waals surface area contributed by atoms with E-state index in [0.717, 1.165) is 5.56 Å². The van der Waals surface area contributed by atoms with Crippen LogP contribution in [-0.4, -0.2) is 24.2 Å². The van der Waals surface area contributed by atoms with Crippen LogP contribution >= 0.6 is 0 Å². The molecule has 1 N–H and O–H groups in total. The zero-order valence-corrected chi connectivity index (χ0v) is 8.88. The molecule has 0 saturated carbocycles. The number of aliphatic hydroxyl groups excluding tert-OH is 1. The highest BCUT2D eigenvalue weighted by atomic mass is 16.7. The number of esters is 1. The van der Waals surface area contributed by atoms with Gasteiger partial charge in [0, 0.05) is 18.1 Å². The summed E-state index contributed by atoms with van der Waals surface area (Å²) in [4.78, 5) is 10.9. The van der Waals surface area contributed by atoms with Crippen molar-refractivity contribution in [3.8, 4) is 11.5 Å². The fourth-order valence-electron chi connectivity index (χ4n) is 1.87. The Bertz CT molecular complexity index is 506. The Morgan fingerprint density at radius 3 is 2.88 bits per heavy atom. The second-order valence-corrected chi connectivity index (χ2v) is 3.87. The summed E-state index contributed by atoms with van der Waals surface area (Å²) in [5.74, 6) is 0.887. The summed E-state index contributed by atoms with van der Waals surface area (Å²) in [5, 5.41) is 9.45. The molecule has 0 spiro atoms. The lowest BCUT2D eigenvalue weighted by atomic mass is 10.0. The molecule has 0 radical (unpaired) electrons. The molecule has 2 heterocycles. The molecule has 1 aromatic carbocycles. The number of hydrogen-bond donors (Lipinski definition) is 1. The molecule has 1 unspecified atom stereocenters. The molecule has 0 bridgehead atoms. The van der Waals surface area contributed by atoms with E-state index in [1.54, 1.807) is 0 Å². The van der Waals surface area contributed by atoms with Crippen LogP contribution in [0.25, 0.3) is 0 Å². The average Bonchev–Trinajstić information content (AvgIpc) is 2.85. The number of carbonyl (C=O) groups excluding carboxylic acids is 1. The van der Waals surface area contributed by atoms with Crippen LogP contribution in [0, 0.1) is 0 Å². The molecule has 0 amide bonds. The van der Waals surface area contributed by atoms with Gasteiger partial charge in [-0.05, 0) is 17.7 Å². The van der Waals surface area contributed by atoms with Crippen LogP contribution in [0.1, 0.15) is 5.56 Å². The van der Waals surface area contributed by atoms with E-state index in [1.807, 2.05) is 18.2 Å². The molecule has 1 atom stereocenters. The standard InChI is InChI=1S/C12H10O5/c13-11-5-8(12(14)17-11)3-7-1-2-9-10(4-7)16-6-15-9/h1-2,4-5,12,14H,3,6H2. The highest BCUT2D eigenvalue weighted by molar-refractivity contribution is 5.85. The number of cyclic esters (lactones) is 1. The third kappa shape index (κ3) is 1.85. The van der Waals surface area contributed by atoms with E-state index >= 15 is 0 Å². The first-order chi connectivity index (χ1) is 8.22. The molecule has 0 saturated heterocycles. The quantitative estimate of drug-likeness (QED) is 0.765. The Morgan fingerprint density at radius 2 is 2.12 bits per heavy atom. The van der Waals surface area contributed by atoms with Crippen LogP contribution in [0.3, 0.4) is 0 Å². The summed E-state index contributed by atoms with van der Waals surface area (Å²) in [7, 11) is 0. The molecule has 0 fully saturated rings. The van der Waals surface area contributed by atoms with Gasteiger partial charge in [0.05, 0.1) is 0 Å². The van der Waals surface area contributed by atoms with E-state index in [1.165, 1.54) is 6.08 Å². The lowest BCUT2D eigenvalue weighted by molar-refractivity contribution is -0.151. The fraction of sp³-hybridized carbons (Fsp3) is 0.250. The Labute approximate surface area is 97.2 Å². The maximum atomic E-state index is 10.9. The molecule has 0 aliphatic carbocycles. The van der Waals surface area contributed by atoms with Crippen LogP contribution in [0.2, 0.25) is 0 Å². The van der Waals surface area contributed by atoms with Crippen LogP contribution < -0.4 is 9.47 Å². The fourth-order valence-corrected chi connectivity index (χ4v) is 1.87. The number of carbonyl (C=O) groups is 1. The van der Waals surface area contributed by atoms with Gasteiger partial charge in [0.2, 0.25) is 13.1 Å². The average molecular weight is 234 g/mol. The van der Waals surface area contributed by atoms with E-state index in [0.29, 0.717) is 23.5 Å². The van der Waals surface area contributed by atoms with Gasteiger partial charge in [-0.3, -0.25) is 0 Å². The van der Waals surface area contributed by atoms with Gasteiger partial charge in [0.15, 0.2) is 11.5 Å². The minimum atomic E-state index is -1.13. The van der Waals surface area contributed by atoms with Crippen molar-refractivity contribution < 1.29 is 24.1 Å². The predicted molar refractivity (Wildman–Crippen MR) is 56.5 cm³/mol. The molecule has 3 rings (SSSR count). The normalized spacial score (nSPS) is 21.4. The summed E-state index contributed by atoms with van der Waals surface area (Å²) in [5.41, 5.74) is 1.48. The Morgan fingerprint density at radius 1 is 1.29 bits per heavy atom. The minimum absolute atomic E-state index is 0.228. The van der Waals surface area contributed by atoms with E-state index in [-0.39, 0.29) is 6.79 Å². The van der Waals surface area contributed by atoms with Gasteiger partial charge in [-0.25, -0.2) is 4.79 Å². The van der Waals surface area contributed by atoms with Gasteiger partial charge >= 0.3 is 5.97 Å². The van der Waals surface area contributed by atoms with Crippen LogP contribution in [0.4, 0.5) is 0 Å². The van der Waals surface area contributed by atoms with E-state index in [2.05, 4.69) is 4.74 Å². The molecular formula is C12H10O5. The lowest BCUT2D eigenvalue weighted by Gasteiger charge is -2.07. The summed E-state index contributed by atoms with van der Waals surface area (Å²) >= 11 is 0. The first-order valence-electron chi connectivity index (χ1n) is 5.20. The summed E-state index contributed by atoms with van der Waals surface area (Å²) in [6, 6.07) is 5.50. The van der Waals surface area contributed by atoms with Crippen molar-refractivity contribution >= 4 is 5.97 Å². The topological polar surface area (TPSA) is 65.0 Å². The van der Waals surface area contributed by atoms with E-state index in [9.17, 15) is 9.90 Å². The Kier molecular flexibility index (Phi) is 2.26. The molecule has 5 nitrogen and oxygen atoms in total. The highest BCUT2D eigenvalue weighted by Gasteiger charge is 2.24. The van der Waals surface area contributed by atoms with Gasteiger partial charge in [0.25, 0.3) is 0 Å². The number of rotatable bonds is 2. The monoisotopic (exact) mass is 234 g/mol. The molecule has 17 heavy (non-hydrogen) atoms. The van der Waals surface area contributed by atoms with Gasteiger partial charge in [-0.2, -0.15) is 0 Å². The second-order valence-electron chi connectivity index (χ2n) is 3.87. The Hall–Kier alpha value is -2.01. The first kappa shape index (κ1) is 10.2. The third-order valence-corrected chi connectivity index (χ3v) is 2.69. The van der Waals surface area contributed by atoms with Crippen molar-refractivity contribution in [2.24, 2.45) is 0 Å². The van der Waals surface area contributed by atoms with Crippen LogP contribution in [-0.2, 0) is 16.0 Å². The molecular weight excluding hydrogens is 224 g/mol. The zero-order valence-electron chi connectivity index (χ0n) is 8.88. The predicted octanol–water partition coefficient (Wildman–Crippen LogP) is 0.759. The number of ether oxygens (including phenoxy) is 3. The largest absolute Gasteiger partial charge is 0.454 e. The van der Waals surface area contributed by atoms with Crippen LogP contribution in [0.5, 0.6) is 11.5 Å². The molecule has 1 aromatic rings. The van der Waals surface area contributed by atoms with Gasteiger partial charge in [-0.1, -0.05) is 6.07 Å². The molecule has 0 aromatic heterocycles. The third-order valence-electron chi connectivity index (χ3n) is 2.69. The maximum absolute atomic E-state index is 10.9. The van der Waals surface area contributed by atoms with Gasteiger partial charge in [0.1, 0.15) is 0 Å². The van der Waals surface area contributed by atoms with E-state index in [4.69, 9.17) is 9.47 Å². The van der Waals surface area contributed by atoms with Crippen molar-refractivity contribution in [1.29, 1.82) is 0 Å².